The third-order valence-corrected chi connectivity index (χ3v) is 3.66. The van der Waals surface area contributed by atoms with Crippen LogP contribution in [0.1, 0.15) is 13.3 Å². The van der Waals surface area contributed by atoms with Crippen molar-refractivity contribution in [3.8, 4) is 0 Å². The van der Waals surface area contributed by atoms with Gasteiger partial charge in [0, 0.05) is 30.8 Å². The van der Waals surface area contributed by atoms with Crippen LogP contribution >= 0.6 is 15.9 Å². The minimum atomic E-state index is -0.00239. The van der Waals surface area contributed by atoms with Crippen molar-refractivity contribution in [3.63, 3.8) is 0 Å². The molecule has 0 aliphatic heterocycles. The maximum absolute atomic E-state index is 12.3. The van der Waals surface area contributed by atoms with Gasteiger partial charge >= 0.3 is 0 Å². The molecule has 0 amide bonds. The van der Waals surface area contributed by atoms with Gasteiger partial charge in [-0.2, -0.15) is 0 Å². The Balaban J connectivity index is 1.91. The molecule has 1 N–H and O–H groups in total. The van der Waals surface area contributed by atoms with Gasteiger partial charge in [0.05, 0.1) is 17.2 Å². The molecule has 0 aliphatic carbocycles. The van der Waals surface area contributed by atoms with E-state index in [2.05, 4.69) is 26.2 Å². The number of halogens is 1. The lowest BCUT2D eigenvalue weighted by atomic mass is 10.2. The van der Waals surface area contributed by atoms with Gasteiger partial charge in [-0.15, -0.1) is 0 Å². The fraction of sp³-hybridized carbons (Fsp3) is 0.467. The van der Waals surface area contributed by atoms with Crippen LogP contribution in [0.15, 0.2) is 33.8 Å². The predicted octanol–water partition coefficient (Wildman–Crippen LogP) is 2.18. The van der Waals surface area contributed by atoms with E-state index in [1.54, 1.807) is 10.9 Å². The molecule has 5 nitrogen and oxygen atoms in total. The lowest BCUT2D eigenvalue weighted by molar-refractivity contribution is 0.145. The van der Waals surface area contributed by atoms with E-state index in [-0.39, 0.29) is 5.56 Å². The van der Waals surface area contributed by atoms with E-state index in [1.807, 2.05) is 25.1 Å². The SMILES string of the molecule is CCOCCCNCCn1cnc2ccc(Br)cc2c1=O. The first-order chi connectivity index (χ1) is 10.2. The molecule has 1 heterocycles. The molecule has 0 bridgehead atoms. The summed E-state index contributed by atoms with van der Waals surface area (Å²) in [4.78, 5) is 16.7. The molecule has 0 fully saturated rings. The van der Waals surface area contributed by atoms with E-state index >= 15 is 0 Å². The molecule has 0 saturated carbocycles. The Morgan fingerprint density at radius 1 is 1.38 bits per heavy atom. The highest BCUT2D eigenvalue weighted by molar-refractivity contribution is 9.10. The molecule has 2 rings (SSSR count). The average Bonchev–Trinajstić information content (AvgIpc) is 2.49. The van der Waals surface area contributed by atoms with Crippen molar-refractivity contribution in [2.45, 2.75) is 19.9 Å². The lowest BCUT2D eigenvalue weighted by Crippen LogP contribution is -2.28. The summed E-state index contributed by atoms with van der Waals surface area (Å²) in [7, 11) is 0. The number of hydrogen-bond donors (Lipinski definition) is 1. The lowest BCUT2D eigenvalue weighted by Gasteiger charge is -2.08. The van der Waals surface area contributed by atoms with Crippen molar-refractivity contribution < 1.29 is 4.74 Å². The van der Waals surface area contributed by atoms with Gasteiger partial charge in [0.15, 0.2) is 0 Å². The van der Waals surface area contributed by atoms with Crippen molar-refractivity contribution >= 4 is 26.8 Å². The Bertz CT molecular complexity index is 642. The number of benzene rings is 1. The molecule has 6 heteroatoms. The highest BCUT2D eigenvalue weighted by atomic mass is 79.9. The molecule has 0 unspecified atom stereocenters. The van der Waals surface area contributed by atoms with Crippen LogP contribution in [0.3, 0.4) is 0 Å². The predicted molar refractivity (Wildman–Crippen MR) is 87.7 cm³/mol. The Kier molecular flexibility index (Phi) is 6.35. The van der Waals surface area contributed by atoms with E-state index in [0.29, 0.717) is 11.9 Å². The van der Waals surface area contributed by atoms with E-state index in [1.165, 1.54) is 0 Å². The smallest absolute Gasteiger partial charge is 0.261 e. The number of hydrogen-bond acceptors (Lipinski definition) is 4. The van der Waals surface area contributed by atoms with Crippen LogP contribution in [0.2, 0.25) is 0 Å². The molecule has 0 spiro atoms. The summed E-state index contributed by atoms with van der Waals surface area (Å²) < 4.78 is 7.80. The van der Waals surface area contributed by atoms with Gasteiger partial charge in [-0.3, -0.25) is 9.36 Å². The second-order valence-corrected chi connectivity index (χ2v) is 5.62. The molecular formula is C15H20BrN3O2. The number of aromatic nitrogens is 2. The zero-order chi connectivity index (χ0) is 15.1. The summed E-state index contributed by atoms with van der Waals surface area (Å²) in [5.41, 5.74) is 0.724. The zero-order valence-corrected chi connectivity index (χ0v) is 13.7. The van der Waals surface area contributed by atoms with Crippen molar-refractivity contribution in [2.75, 3.05) is 26.3 Å². The van der Waals surface area contributed by atoms with Crippen LogP contribution in [0.4, 0.5) is 0 Å². The van der Waals surface area contributed by atoms with Gasteiger partial charge < -0.3 is 10.1 Å². The van der Waals surface area contributed by atoms with Gasteiger partial charge in [-0.1, -0.05) is 15.9 Å². The molecule has 0 radical (unpaired) electrons. The molecule has 0 atom stereocenters. The Labute approximate surface area is 132 Å². The van der Waals surface area contributed by atoms with Gasteiger partial charge in [-0.05, 0) is 38.1 Å². The Morgan fingerprint density at radius 2 is 2.24 bits per heavy atom. The highest BCUT2D eigenvalue weighted by Crippen LogP contribution is 2.14. The van der Waals surface area contributed by atoms with Gasteiger partial charge in [0.1, 0.15) is 0 Å². The van der Waals surface area contributed by atoms with Gasteiger partial charge in [0.2, 0.25) is 0 Å². The quantitative estimate of drug-likeness (QED) is 0.739. The normalized spacial score (nSPS) is 11.1. The zero-order valence-electron chi connectivity index (χ0n) is 12.1. The highest BCUT2D eigenvalue weighted by Gasteiger charge is 2.04. The molecule has 114 valence electrons. The van der Waals surface area contributed by atoms with Crippen molar-refractivity contribution in [1.29, 1.82) is 0 Å². The molecule has 1 aromatic carbocycles. The molecule has 0 aliphatic rings. The van der Waals surface area contributed by atoms with Crippen LogP contribution in [0.25, 0.3) is 10.9 Å². The number of ether oxygens (including phenoxy) is 1. The van der Waals surface area contributed by atoms with Crippen molar-refractivity contribution in [1.82, 2.24) is 14.9 Å². The third kappa shape index (κ3) is 4.62. The topological polar surface area (TPSA) is 56.1 Å². The minimum Gasteiger partial charge on any atom is -0.382 e. The average molecular weight is 354 g/mol. The first-order valence-electron chi connectivity index (χ1n) is 7.15. The van der Waals surface area contributed by atoms with Crippen LogP contribution in [0.5, 0.6) is 0 Å². The number of nitrogens with zero attached hydrogens (tertiary/aromatic N) is 2. The number of rotatable bonds is 8. The summed E-state index contributed by atoms with van der Waals surface area (Å²) in [5, 5.41) is 3.94. The van der Waals surface area contributed by atoms with Crippen LogP contribution < -0.4 is 10.9 Å². The van der Waals surface area contributed by atoms with E-state index in [0.717, 1.165) is 42.7 Å². The van der Waals surface area contributed by atoms with E-state index in [9.17, 15) is 4.79 Å². The maximum Gasteiger partial charge on any atom is 0.261 e. The summed E-state index contributed by atoms with van der Waals surface area (Å²) in [6.45, 7) is 5.77. The molecule has 0 saturated heterocycles. The number of nitrogens with one attached hydrogen (secondary N) is 1. The standard InChI is InChI=1S/C15H20BrN3O2/c1-2-21-9-3-6-17-7-8-19-11-18-14-5-4-12(16)10-13(14)15(19)20/h4-5,10-11,17H,2-3,6-9H2,1H3. The first-order valence-corrected chi connectivity index (χ1v) is 7.95. The number of fused-ring (bicyclic) bond motifs is 1. The fourth-order valence-electron chi connectivity index (χ4n) is 2.06. The summed E-state index contributed by atoms with van der Waals surface area (Å²) in [6, 6.07) is 5.55. The Morgan fingerprint density at radius 3 is 3.05 bits per heavy atom. The first kappa shape index (κ1) is 16.1. The molecular weight excluding hydrogens is 334 g/mol. The summed E-state index contributed by atoms with van der Waals surface area (Å²) in [5.74, 6) is 0. The minimum absolute atomic E-state index is 0.00239. The molecule has 21 heavy (non-hydrogen) atoms. The molecule has 1 aromatic heterocycles. The van der Waals surface area contributed by atoms with Crippen LogP contribution in [-0.4, -0.2) is 35.9 Å². The largest absolute Gasteiger partial charge is 0.382 e. The second-order valence-electron chi connectivity index (χ2n) is 4.71. The maximum atomic E-state index is 12.3. The van der Waals surface area contributed by atoms with Crippen LogP contribution in [-0.2, 0) is 11.3 Å². The van der Waals surface area contributed by atoms with E-state index in [4.69, 9.17) is 4.74 Å². The Hall–Kier alpha value is -1.24. The summed E-state index contributed by atoms with van der Waals surface area (Å²) >= 11 is 3.38. The second kappa shape index (κ2) is 8.26. The fourth-order valence-corrected chi connectivity index (χ4v) is 2.42. The van der Waals surface area contributed by atoms with Crippen molar-refractivity contribution in [3.05, 3.63) is 39.4 Å². The molecule has 2 aromatic rings. The monoisotopic (exact) mass is 353 g/mol. The van der Waals surface area contributed by atoms with Gasteiger partial charge in [0.25, 0.3) is 5.56 Å². The van der Waals surface area contributed by atoms with E-state index < -0.39 is 0 Å². The van der Waals surface area contributed by atoms with Gasteiger partial charge in [-0.25, -0.2) is 4.98 Å². The third-order valence-electron chi connectivity index (χ3n) is 3.16. The van der Waals surface area contributed by atoms with Crippen LogP contribution in [0, 0.1) is 0 Å². The summed E-state index contributed by atoms with van der Waals surface area (Å²) in [6.07, 6.45) is 2.59. The van der Waals surface area contributed by atoms with Crippen molar-refractivity contribution in [2.24, 2.45) is 0 Å².